The molecule has 0 aliphatic heterocycles. The van der Waals surface area contributed by atoms with Crippen LogP contribution in [-0.4, -0.2) is 28.8 Å². The fraction of sp³-hybridized carbons (Fsp3) is 0.583. The van der Waals surface area contributed by atoms with Gasteiger partial charge in [0.25, 0.3) is 0 Å². The molecule has 0 bridgehead atoms. The highest BCUT2D eigenvalue weighted by Gasteiger charge is 2.02. The maximum Gasteiger partial charge on any atom is 0.315 e. The molecule has 7 nitrogen and oxygen atoms in total. The maximum atomic E-state index is 11.4. The highest BCUT2D eigenvalue weighted by atomic mass is 16.5. The number of aromatic nitrogens is 1. The Bertz CT molecular complexity index is 378. The van der Waals surface area contributed by atoms with E-state index in [0.717, 1.165) is 19.3 Å². The topological polar surface area (TPSA) is 104 Å². The third kappa shape index (κ3) is 7.80. The second kappa shape index (κ2) is 8.96. The molecule has 0 fully saturated rings. The van der Waals surface area contributed by atoms with Gasteiger partial charge < -0.3 is 20.3 Å². The van der Waals surface area contributed by atoms with Crippen LogP contribution in [0.1, 0.15) is 37.9 Å². The molecule has 106 valence electrons. The predicted octanol–water partition coefficient (Wildman–Crippen LogP) is 1.51. The third-order valence-electron chi connectivity index (χ3n) is 2.52. The predicted molar refractivity (Wildman–Crippen MR) is 67.5 cm³/mol. The minimum absolute atomic E-state index is 0.213. The van der Waals surface area contributed by atoms with Crippen molar-refractivity contribution in [2.45, 2.75) is 38.6 Å². The molecule has 0 saturated carbocycles. The highest BCUT2D eigenvalue weighted by Crippen LogP contribution is 2.02. The van der Waals surface area contributed by atoms with Crippen LogP contribution in [0.3, 0.4) is 0 Å². The number of carboxylic acid groups (broad SMARTS) is 1. The number of rotatable bonds is 9. The number of carboxylic acids is 1. The molecule has 7 heteroatoms. The van der Waals surface area contributed by atoms with Gasteiger partial charge >= 0.3 is 12.0 Å². The Morgan fingerprint density at radius 2 is 2.00 bits per heavy atom. The lowest BCUT2D eigenvalue weighted by atomic mass is 10.1. The number of nitrogens with zero attached hydrogens (tertiary/aromatic N) is 1. The molecule has 0 atom stereocenters. The van der Waals surface area contributed by atoms with Crippen molar-refractivity contribution in [1.82, 2.24) is 15.8 Å². The van der Waals surface area contributed by atoms with Crippen LogP contribution in [0.4, 0.5) is 4.79 Å². The van der Waals surface area contributed by atoms with Gasteiger partial charge in [0.15, 0.2) is 5.76 Å². The zero-order valence-electron chi connectivity index (χ0n) is 10.7. The van der Waals surface area contributed by atoms with Crippen molar-refractivity contribution in [1.29, 1.82) is 0 Å². The lowest BCUT2D eigenvalue weighted by molar-refractivity contribution is -0.137. The van der Waals surface area contributed by atoms with Crippen LogP contribution in [0.25, 0.3) is 0 Å². The minimum atomic E-state index is -0.759. The number of amides is 2. The number of unbranched alkanes of at least 4 members (excludes halogenated alkanes) is 3. The fourth-order valence-electron chi connectivity index (χ4n) is 1.52. The summed E-state index contributed by atoms with van der Waals surface area (Å²) >= 11 is 0. The number of hydrogen-bond donors (Lipinski definition) is 3. The van der Waals surface area contributed by atoms with Crippen LogP contribution in [0.5, 0.6) is 0 Å². The molecule has 1 aromatic heterocycles. The molecule has 0 radical (unpaired) electrons. The van der Waals surface area contributed by atoms with Gasteiger partial charge in [-0.2, -0.15) is 0 Å². The number of carbonyl (C=O) groups is 2. The first kappa shape index (κ1) is 15.0. The van der Waals surface area contributed by atoms with E-state index in [9.17, 15) is 9.59 Å². The van der Waals surface area contributed by atoms with E-state index in [4.69, 9.17) is 9.63 Å². The zero-order chi connectivity index (χ0) is 13.9. The van der Waals surface area contributed by atoms with E-state index in [0.29, 0.717) is 25.3 Å². The van der Waals surface area contributed by atoms with Crippen molar-refractivity contribution in [3.8, 4) is 0 Å². The van der Waals surface area contributed by atoms with Gasteiger partial charge in [-0.15, -0.1) is 0 Å². The monoisotopic (exact) mass is 269 g/mol. The minimum Gasteiger partial charge on any atom is -0.481 e. The van der Waals surface area contributed by atoms with E-state index in [1.54, 1.807) is 6.07 Å². The summed E-state index contributed by atoms with van der Waals surface area (Å²) in [5.41, 5.74) is 0. The van der Waals surface area contributed by atoms with Gasteiger partial charge in [0.2, 0.25) is 0 Å². The molecule has 19 heavy (non-hydrogen) atoms. The molecule has 0 aliphatic carbocycles. The summed E-state index contributed by atoms with van der Waals surface area (Å²) in [6.45, 7) is 0.889. The summed E-state index contributed by atoms with van der Waals surface area (Å²) in [4.78, 5) is 21.6. The zero-order valence-corrected chi connectivity index (χ0v) is 10.7. The third-order valence-corrected chi connectivity index (χ3v) is 2.52. The van der Waals surface area contributed by atoms with Crippen molar-refractivity contribution in [2.24, 2.45) is 0 Å². The first-order valence-electron chi connectivity index (χ1n) is 6.31. The van der Waals surface area contributed by atoms with E-state index >= 15 is 0 Å². The van der Waals surface area contributed by atoms with Crippen LogP contribution in [0.15, 0.2) is 16.8 Å². The lowest BCUT2D eigenvalue weighted by Crippen LogP contribution is -2.35. The van der Waals surface area contributed by atoms with Crippen molar-refractivity contribution in [3.63, 3.8) is 0 Å². The SMILES string of the molecule is O=C(O)CCCCCCNC(=O)NCc1ccno1. The number of urea groups is 1. The molecule has 1 heterocycles. The Morgan fingerprint density at radius 1 is 1.21 bits per heavy atom. The average Bonchev–Trinajstić information content (AvgIpc) is 2.88. The van der Waals surface area contributed by atoms with Gasteiger partial charge in [-0.1, -0.05) is 18.0 Å². The quantitative estimate of drug-likeness (QED) is 0.589. The van der Waals surface area contributed by atoms with Crippen molar-refractivity contribution in [3.05, 3.63) is 18.0 Å². The van der Waals surface area contributed by atoms with Gasteiger partial charge in [0.1, 0.15) is 0 Å². The summed E-state index contributed by atoms with van der Waals surface area (Å²) in [6, 6.07) is 1.44. The normalized spacial score (nSPS) is 10.1. The molecule has 0 aromatic carbocycles. The molecule has 1 rings (SSSR count). The number of hydrogen-bond acceptors (Lipinski definition) is 4. The summed E-state index contributed by atoms with van der Waals surface area (Å²) in [6.07, 6.45) is 5.04. The molecular weight excluding hydrogens is 250 g/mol. The first-order valence-corrected chi connectivity index (χ1v) is 6.31. The van der Waals surface area contributed by atoms with E-state index in [1.807, 2.05) is 0 Å². The molecular formula is C12H19N3O4. The highest BCUT2D eigenvalue weighted by molar-refractivity contribution is 5.73. The second-order valence-electron chi connectivity index (χ2n) is 4.15. The van der Waals surface area contributed by atoms with Crippen LogP contribution in [-0.2, 0) is 11.3 Å². The van der Waals surface area contributed by atoms with E-state index in [-0.39, 0.29) is 12.5 Å². The van der Waals surface area contributed by atoms with Crippen molar-refractivity contribution in [2.75, 3.05) is 6.54 Å². The van der Waals surface area contributed by atoms with Crippen LogP contribution < -0.4 is 10.6 Å². The molecule has 0 unspecified atom stereocenters. The summed E-state index contributed by atoms with van der Waals surface area (Å²) in [7, 11) is 0. The molecule has 1 aromatic rings. The van der Waals surface area contributed by atoms with Crippen molar-refractivity contribution < 1.29 is 19.2 Å². The maximum absolute atomic E-state index is 11.4. The molecule has 0 aliphatic rings. The Labute approximate surface area is 111 Å². The van der Waals surface area contributed by atoms with Crippen LogP contribution in [0, 0.1) is 0 Å². The fourth-order valence-corrected chi connectivity index (χ4v) is 1.52. The van der Waals surface area contributed by atoms with E-state index in [1.165, 1.54) is 6.20 Å². The van der Waals surface area contributed by atoms with Crippen LogP contribution in [0.2, 0.25) is 0 Å². The molecule has 2 amide bonds. The molecule has 0 saturated heterocycles. The van der Waals surface area contributed by atoms with Gasteiger partial charge in [-0.3, -0.25) is 4.79 Å². The lowest BCUT2D eigenvalue weighted by Gasteiger charge is -2.05. The van der Waals surface area contributed by atoms with Gasteiger partial charge in [0, 0.05) is 19.0 Å². The summed E-state index contributed by atoms with van der Waals surface area (Å²) < 4.78 is 4.83. The standard InChI is InChI=1S/C12H19N3O4/c16-11(17)5-3-1-2-4-7-13-12(18)14-9-10-6-8-15-19-10/h6,8H,1-5,7,9H2,(H,16,17)(H2,13,14,18). The Kier molecular flexibility index (Phi) is 7.08. The Hall–Kier alpha value is -2.05. The Balaban J connectivity index is 1.91. The average molecular weight is 269 g/mol. The summed E-state index contributed by atoms with van der Waals surface area (Å²) in [5.74, 6) is -0.159. The second-order valence-corrected chi connectivity index (χ2v) is 4.15. The number of aliphatic carboxylic acids is 1. The smallest absolute Gasteiger partial charge is 0.315 e. The van der Waals surface area contributed by atoms with E-state index in [2.05, 4.69) is 15.8 Å². The van der Waals surface area contributed by atoms with Crippen molar-refractivity contribution >= 4 is 12.0 Å². The number of carbonyl (C=O) groups excluding carboxylic acids is 1. The Morgan fingerprint density at radius 3 is 2.68 bits per heavy atom. The van der Waals surface area contributed by atoms with Gasteiger partial charge in [-0.05, 0) is 12.8 Å². The van der Waals surface area contributed by atoms with Gasteiger partial charge in [0.05, 0.1) is 12.7 Å². The molecule has 0 spiro atoms. The van der Waals surface area contributed by atoms with Gasteiger partial charge in [-0.25, -0.2) is 4.79 Å². The largest absolute Gasteiger partial charge is 0.481 e. The van der Waals surface area contributed by atoms with E-state index < -0.39 is 5.97 Å². The summed E-state index contributed by atoms with van der Waals surface area (Å²) in [5, 5.41) is 17.3. The first-order chi connectivity index (χ1) is 9.18. The number of nitrogens with one attached hydrogen (secondary N) is 2. The van der Waals surface area contributed by atoms with Crippen LogP contribution >= 0.6 is 0 Å². The molecule has 3 N–H and O–H groups in total.